The van der Waals surface area contributed by atoms with Crippen LogP contribution in [0.15, 0.2) is 24.3 Å². The summed E-state index contributed by atoms with van der Waals surface area (Å²) in [6.45, 7) is 3.48. The van der Waals surface area contributed by atoms with Crippen LogP contribution in [0.25, 0.3) is 0 Å². The molecule has 0 N–H and O–H groups in total. The van der Waals surface area contributed by atoms with Crippen LogP contribution in [0.1, 0.15) is 26.7 Å². The van der Waals surface area contributed by atoms with Gasteiger partial charge in [0.1, 0.15) is 12.2 Å². The predicted octanol–water partition coefficient (Wildman–Crippen LogP) is 1.77. The summed E-state index contributed by atoms with van der Waals surface area (Å²) in [5.74, 6) is -0.385. The fraction of sp³-hybridized carbons (Fsp3) is 0.625. The normalized spacial score (nSPS) is 39.0. The van der Waals surface area contributed by atoms with Crippen molar-refractivity contribution in [3.05, 3.63) is 24.3 Å². The largest absolute Gasteiger partial charge is 0.458 e. The van der Waals surface area contributed by atoms with Gasteiger partial charge in [0.05, 0.1) is 12.2 Å². The molecule has 0 unspecified atom stereocenters. The van der Waals surface area contributed by atoms with Gasteiger partial charge in [-0.05, 0) is 12.3 Å². The van der Waals surface area contributed by atoms with Gasteiger partial charge >= 0.3 is 11.9 Å². The first kappa shape index (κ1) is 14.3. The number of carbonyl (C=O) groups excluding carboxylic acids is 2. The Balaban J connectivity index is 1.85. The molecule has 0 amide bonds. The number of esters is 2. The highest BCUT2D eigenvalue weighted by Gasteiger charge is 2.50. The molecule has 2 fully saturated rings. The van der Waals surface area contributed by atoms with Crippen molar-refractivity contribution in [2.75, 3.05) is 0 Å². The van der Waals surface area contributed by atoms with E-state index in [4.69, 9.17) is 14.2 Å². The topological polar surface area (TPSA) is 61.8 Å². The maximum Gasteiger partial charge on any atom is 0.306 e. The van der Waals surface area contributed by atoms with E-state index >= 15 is 0 Å². The molecule has 3 heterocycles. The lowest BCUT2D eigenvalue weighted by molar-refractivity contribution is -0.166. The van der Waals surface area contributed by atoms with Crippen molar-refractivity contribution in [2.45, 2.75) is 51.1 Å². The maximum absolute atomic E-state index is 11.5. The molecule has 0 spiro atoms. The van der Waals surface area contributed by atoms with E-state index in [1.54, 1.807) is 0 Å². The van der Waals surface area contributed by atoms with Crippen molar-refractivity contribution < 1.29 is 23.8 Å². The first-order chi connectivity index (χ1) is 10.1. The molecule has 0 radical (unpaired) electrons. The zero-order valence-electron chi connectivity index (χ0n) is 12.2. The number of ether oxygens (including phenoxy) is 3. The number of hydrogen-bond donors (Lipinski definition) is 0. The molecule has 5 heteroatoms. The quantitative estimate of drug-likeness (QED) is 0.742. The minimum Gasteiger partial charge on any atom is -0.458 e. The zero-order valence-corrected chi connectivity index (χ0v) is 12.2. The van der Waals surface area contributed by atoms with Gasteiger partial charge in [0, 0.05) is 19.3 Å². The van der Waals surface area contributed by atoms with Crippen LogP contribution in [-0.2, 0) is 23.8 Å². The third-order valence-corrected chi connectivity index (χ3v) is 4.50. The van der Waals surface area contributed by atoms with Crippen LogP contribution in [0, 0.1) is 11.8 Å². The Hall–Kier alpha value is -1.62. The van der Waals surface area contributed by atoms with Gasteiger partial charge in [-0.2, -0.15) is 0 Å². The van der Waals surface area contributed by atoms with Crippen LogP contribution in [0.3, 0.4) is 0 Å². The van der Waals surface area contributed by atoms with Gasteiger partial charge in [-0.1, -0.05) is 31.2 Å². The van der Waals surface area contributed by atoms with E-state index in [2.05, 4.69) is 6.92 Å². The van der Waals surface area contributed by atoms with Gasteiger partial charge in [-0.3, -0.25) is 9.59 Å². The summed E-state index contributed by atoms with van der Waals surface area (Å²) in [6.07, 6.45) is 7.98. The lowest BCUT2D eigenvalue weighted by Crippen LogP contribution is -2.43. The Morgan fingerprint density at radius 3 is 2.67 bits per heavy atom. The fourth-order valence-electron chi connectivity index (χ4n) is 3.51. The number of cyclic esters (lactones) is 1. The number of fused-ring (bicyclic) bond motifs is 2. The van der Waals surface area contributed by atoms with E-state index in [0.29, 0.717) is 12.8 Å². The first-order valence-electron chi connectivity index (χ1n) is 7.43. The molecular formula is C16H20O5. The van der Waals surface area contributed by atoms with Crippen molar-refractivity contribution in [2.24, 2.45) is 11.8 Å². The Morgan fingerprint density at radius 1 is 1.33 bits per heavy atom. The molecule has 0 aromatic heterocycles. The van der Waals surface area contributed by atoms with Crippen LogP contribution < -0.4 is 0 Å². The number of hydrogen-bond acceptors (Lipinski definition) is 5. The van der Waals surface area contributed by atoms with E-state index in [1.165, 1.54) is 6.92 Å². The lowest BCUT2D eigenvalue weighted by Gasteiger charge is -2.32. The Morgan fingerprint density at radius 2 is 2.05 bits per heavy atom. The Bertz CT molecular complexity index is 495. The predicted molar refractivity (Wildman–Crippen MR) is 74.3 cm³/mol. The third kappa shape index (κ3) is 2.75. The molecular weight excluding hydrogens is 272 g/mol. The van der Waals surface area contributed by atoms with Crippen LogP contribution in [-0.4, -0.2) is 36.4 Å². The molecule has 21 heavy (non-hydrogen) atoms. The molecule has 2 bridgehead atoms. The smallest absolute Gasteiger partial charge is 0.306 e. The maximum atomic E-state index is 11.5. The standard InChI is InChI=1S/C16H20O5/c1-9-11-5-3-4-6-12(20-11)15(9)16(19-10(2)17)13-7-8-14(18)21-13/h3-6,9,11-13,15-16H,7-8H2,1-2H3/t9-,11+,12-,13+,15-,16-/m1/s1. The second-order valence-corrected chi connectivity index (χ2v) is 5.91. The highest BCUT2D eigenvalue weighted by Crippen LogP contribution is 2.41. The average molecular weight is 292 g/mol. The minimum absolute atomic E-state index is 0.00370. The van der Waals surface area contributed by atoms with Gasteiger partial charge < -0.3 is 14.2 Å². The Labute approximate surface area is 123 Å². The van der Waals surface area contributed by atoms with Crippen molar-refractivity contribution >= 4 is 11.9 Å². The molecule has 3 aliphatic rings. The van der Waals surface area contributed by atoms with Crippen molar-refractivity contribution in [3.8, 4) is 0 Å². The summed E-state index contributed by atoms with van der Waals surface area (Å²) in [5.41, 5.74) is 0. The highest BCUT2D eigenvalue weighted by atomic mass is 16.6. The Kier molecular flexibility index (Phi) is 3.85. The highest BCUT2D eigenvalue weighted by molar-refractivity contribution is 5.72. The summed E-state index contributed by atoms with van der Waals surface area (Å²) >= 11 is 0. The summed E-state index contributed by atoms with van der Waals surface area (Å²) in [6, 6.07) is 0. The minimum atomic E-state index is -0.449. The summed E-state index contributed by atoms with van der Waals surface area (Å²) in [7, 11) is 0. The van der Waals surface area contributed by atoms with Crippen molar-refractivity contribution in [3.63, 3.8) is 0 Å². The van der Waals surface area contributed by atoms with Crippen LogP contribution in [0.4, 0.5) is 0 Å². The molecule has 2 saturated heterocycles. The van der Waals surface area contributed by atoms with Crippen molar-refractivity contribution in [1.29, 1.82) is 0 Å². The van der Waals surface area contributed by atoms with Gasteiger partial charge in [-0.15, -0.1) is 0 Å². The second-order valence-electron chi connectivity index (χ2n) is 5.91. The summed E-state index contributed by atoms with van der Waals surface area (Å²) in [4.78, 5) is 22.9. The van der Waals surface area contributed by atoms with Crippen molar-refractivity contribution in [1.82, 2.24) is 0 Å². The fourth-order valence-corrected chi connectivity index (χ4v) is 3.51. The van der Waals surface area contributed by atoms with E-state index < -0.39 is 6.10 Å². The lowest BCUT2D eigenvalue weighted by atomic mass is 9.80. The molecule has 114 valence electrons. The molecule has 0 aliphatic carbocycles. The van der Waals surface area contributed by atoms with Gasteiger partial charge in [0.2, 0.25) is 0 Å². The van der Waals surface area contributed by atoms with E-state index in [-0.39, 0.29) is 42.1 Å². The SMILES string of the molecule is CC(=O)O[C@@H]([C@@H]1[C@H](C)[C@@H]2C=CC=C[C@H]1O2)[C@@H]1CCC(=O)O1. The van der Waals surface area contributed by atoms with E-state index in [9.17, 15) is 9.59 Å². The molecule has 5 nitrogen and oxygen atoms in total. The van der Waals surface area contributed by atoms with E-state index in [1.807, 2.05) is 24.3 Å². The van der Waals surface area contributed by atoms with E-state index in [0.717, 1.165) is 0 Å². The van der Waals surface area contributed by atoms with Crippen LogP contribution in [0.5, 0.6) is 0 Å². The molecule has 0 saturated carbocycles. The number of allylic oxidation sites excluding steroid dienone is 2. The number of rotatable bonds is 3. The molecule has 3 rings (SSSR count). The summed E-state index contributed by atoms with van der Waals surface area (Å²) in [5, 5.41) is 0. The first-order valence-corrected chi connectivity index (χ1v) is 7.43. The summed E-state index contributed by atoms with van der Waals surface area (Å²) < 4.78 is 16.9. The zero-order chi connectivity index (χ0) is 15.0. The average Bonchev–Trinajstić information content (AvgIpc) is 2.86. The third-order valence-electron chi connectivity index (χ3n) is 4.50. The molecule has 6 atom stereocenters. The van der Waals surface area contributed by atoms with Crippen LogP contribution in [0.2, 0.25) is 0 Å². The van der Waals surface area contributed by atoms with Gasteiger partial charge in [0.25, 0.3) is 0 Å². The monoisotopic (exact) mass is 292 g/mol. The molecule has 0 aromatic carbocycles. The van der Waals surface area contributed by atoms with Crippen LogP contribution >= 0.6 is 0 Å². The molecule has 0 aromatic rings. The second kappa shape index (κ2) is 5.64. The number of carbonyl (C=O) groups is 2. The van der Waals surface area contributed by atoms with Gasteiger partial charge in [-0.25, -0.2) is 0 Å². The van der Waals surface area contributed by atoms with Gasteiger partial charge in [0.15, 0.2) is 0 Å². The molecule has 3 aliphatic heterocycles.